The van der Waals surface area contributed by atoms with Crippen molar-refractivity contribution in [2.24, 2.45) is 5.92 Å². The Kier molecular flexibility index (Phi) is 8.12. The minimum Gasteiger partial charge on any atom is -0.391 e. The fourth-order valence-electron chi connectivity index (χ4n) is 6.15. The van der Waals surface area contributed by atoms with Crippen LogP contribution in [0.2, 0.25) is 0 Å². The third-order valence-corrected chi connectivity index (χ3v) is 8.19. The summed E-state index contributed by atoms with van der Waals surface area (Å²) in [5.41, 5.74) is 2.06. The van der Waals surface area contributed by atoms with Crippen molar-refractivity contribution in [3.8, 4) is 0 Å². The fraction of sp³-hybridized carbons (Fsp3) is 0.667. The van der Waals surface area contributed by atoms with Crippen molar-refractivity contribution in [2.75, 3.05) is 25.0 Å². The number of aliphatic hydroxyl groups excluding tert-OH is 1. The van der Waals surface area contributed by atoms with E-state index in [1.54, 1.807) is 20.9 Å². The molecule has 1 aromatic rings. The Balaban J connectivity index is 1.54. The van der Waals surface area contributed by atoms with Crippen LogP contribution in [0.5, 0.6) is 0 Å². The van der Waals surface area contributed by atoms with E-state index in [1.165, 1.54) is 0 Å². The van der Waals surface area contributed by atoms with E-state index >= 15 is 0 Å². The van der Waals surface area contributed by atoms with Crippen LogP contribution in [0.15, 0.2) is 24.3 Å². The molecule has 2 aliphatic heterocycles. The van der Waals surface area contributed by atoms with Gasteiger partial charge in [-0.2, -0.15) is 0 Å². The number of hydrogen-bond acceptors (Lipinski definition) is 5. The fourth-order valence-corrected chi connectivity index (χ4v) is 6.15. The van der Waals surface area contributed by atoms with Crippen molar-refractivity contribution in [1.29, 1.82) is 0 Å². The summed E-state index contributed by atoms with van der Waals surface area (Å²) < 4.78 is 0. The molecule has 3 N–H and O–H groups in total. The van der Waals surface area contributed by atoms with Crippen LogP contribution in [0.1, 0.15) is 70.3 Å². The number of hydrogen-bond donors (Lipinski definition) is 3. The van der Waals surface area contributed by atoms with Crippen molar-refractivity contribution in [1.82, 2.24) is 15.5 Å². The number of carbonyl (C=O) groups is 3. The Morgan fingerprint density at radius 3 is 2.51 bits per heavy atom. The van der Waals surface area contributed by atoms with Crippen molar-refractivity contribution in [3.63, 3.8) is 0 Å². The quantitative estimate of drug-likeness (QED) is 0.551. The van der Waals surface area contributed by atoms with E-state index in [9.17, 15) is 19.5 Å². The molecular formula is C27H40N4O4. The number of likely N-dealkylation sites (N-methyl/N-ethyl adjacent to an activating group) is 1. The highest BCUT2D eigenvalue weighted by Gasteiger charge is 2.43. The Hall–Kier alpha value is -2.45. The third kappa shape index (κ3) is 5.54. The number of fused-ring (bicyclic) bond motifs is 1. The highest BCUT2D eigenvalue weighted by Crippen LogP contribution is 2.41. The highest BCUT2D eigenvalue weighted by atomic mass is 16.3. The predicted molar refractivity (Wildman–Crippen MR) is 135 cm³/mol. The van der Waals surface area contributed by atoms with Crippen LogP contribution >= 0.6 is 0 Å². The molecule has 4 rings (SSSR count). The smallest absolute Gasteiger partial charge is 0.245 e. The summed E-state index contributed by atoms with van der Waals surface area (Å²) >= 11 is 0. The van der Waals surface area contributed by atoms with Crippen LogP contribution in [0.25, 0.3) is 0 Å². The molecule has 0 aromatic heterocycles. The number of likely N-dealkylation sites (tertiary alicyclic amines) is 1. The van der Waals surface area contributed by atoms with Gasteiger partial charge in [0.05, 0.1) is 12.1 Å². The predicted octanol–water partition coefficient (Wildman–Crippen LogP) is 2.16. The molecule has 0 spiro atoms. The Labute approximate surface area is 208 Å². The molecule has 2 unspecified atom stereocenters. The van der Waals surface area contributed by atoms with E-state index in [1.807, 2.05) is 28.0 Å². The van der Waals surface area contributed by atoms with Gasteiger partial charge in [0.25, 0.3) is 0 Å². The van der Waals surface area contributed by atoms with E-state index < -0.39 is 12.1 Å². The van der Waals surface area contributed by atoms with Crippen LogP contribution in [0.4, 0.5) is 5.69 Å². The van der Waals surface area contributed by atoms with Gasteiger partial charge in [-0.25, -0.2) is 0 Å². The zero-order valence-corrected chi connectivity index (χ0v) is 21.2. The largest absolute Gasteiger partial charge is 0.391 e. The summed E-state index contributed by atoms with van der Waals surface area (Å²) in [7, 11) is 1.73. The van der Waals surface area contributed by atoms with E-state index in [4.69, 9.17) is 0 Å². The Bertz CT molecular complexity index is 932. The average molecular weight is 485 g/mol. The van der Waals surface area contributed by atoms with Crippen molar-refractivity contribution in [2.45, 2.75) is 88.9 Å². The van der Waals surface area contributed by atoms with E-state index in [-0.39, 0.29) is 48.2 Å². The molecule has 0 radical (unpaired) electrons. The normalized spacial score (nSPS) is 26.3. The van der Waals surface area contributed by atoms with E-state index in [0.29, 0.717) is 19.4 Å². The van der Waals surface area contributed by atoms with Crippen molar-refractivity contribution in [3.05, 3.63) is 29.8 Å². The SMILES string of the molecule is CN[C@@H](C)C(=O)N[C@H](C(=O)N1CC(O)C[C@@H]1CC1CN(C(C)=O)c2ccccc21)C1CCCCC1. The molecule has 0 bridgehead atoms. The van der Waals surface area contributed by atoms with Crippen LogP contribution in [0, 0.1) is 5.92 Å². The lowest BCUT2D eigenvalue weighted by Gasteiger charge is -2.36. The summed E-state index contributed by atoms with van der Waals surface area (Å²) in [6.07, 6.45) is 5.77. The van der Waals surface area contributed by atoms with Crippen molar-refractivity contribution < 1.29 is 19.5 Å². The summed E-state index contributed by atoms with van der Waals surface area (Å²) in [5.74, 6) is -0.0202. The maximum Gasteiger partial charge on any atom is 0.245 e. The number of benzene rings is 1. The molecule has 5 atom stereocenters. The van der Waals surface area contributed by atoms with Gasteiger partial charge in [0, 0.05) is 37.7 Å². The number of rotatable bonds is 7. The minimum absolute atomic E-state index is 0.0121. The number of carbonyl (C=O) groups excluding carboxylic acids is 3. The molecule has 35 heavy (non-hydrogen) atoms. The molecule has 8 heteroatoms. The first kappa shape index (κ1) is 25.6. The first-order valence-corrected chi connectivity index (χ1v) is 13.1. The van der Waals surface area contributed by atoms with Gasteiger partial charge in [-0.05, 0) is 57.2 Å². The lowest BCUT2D eigenvalue weighted by atomic mass is 9.83. The second-order valence-corrected chi connectivity index (χ2v) is 10.5. The lowest BCUT2D eigenvalue weighted by molar-refractivity contribution is -0.140. The lowest BCUT2D eigenvalue weighted by Crippen LogP contribution is -2.56. The van der Waals surface area contributed by atoms with Gasteiger partial charge in [0.15, 0.2) is 0 Å². The second-order valence-electron chi connectivity index (χ2n) is 10.5. The van der Waals surface area contributed by atoms with Gasteiger partial charge in [-0.3, -0.25) is 14.4 Å². The number of nitrogens with zero attached hydrogens (tertiary/aromatic N) is 2. The highest BCUT2D eigenvalue weighted by molar-refractivity contribution is 5.94. The van der Waals surface area contributed by atoms with E-state index in [0.717, 1.165) is 43.4 Å². The topological polar surface area (TPSA) is 102 Å². The Morgan fingerprint density at radius 1 is 1.11 bits per heavy atom. The van der Waals surface area contributed by atoms with Gasteiger partial charge in [0.1, 0.15) is 6.04 Å². The zero-order chi connectivity index (χ0) is 25.1. The number of nitrogens with one attached hydrogen (secondary N) is 2. The van der Waals surface area contributed by atoms with E-state index in [2.05, 4.69) is 16.7 Å². The molecule has 192 valence electrons. The van der Waals surface area contributed by atoms with Gasteiger partial charge >= 0.3 is 0 Å². The monoisotopic (exact) mass is 484 g/mol. The van der Waals surface area contributed by atoms with Crippen LogP contribution in [-0.4, -0.2) is 72.1 Å². The molecule has 8 nitrogen and oxygen atoms in total. The van der Waals surface area contributed by atoms with Gasteiger partial charge in [0.2, 0.25) is 17.7 Å². The van der Waals surface area contributed by atoms with Gasteiger partial charge in [-0.1, -0.05) is 37.5 Å². The first-order chi connectivity index (χ1) is 16.8. The summed E-state index contributed by atoms with van der Waals surface area (Å²) in [5, 5.41) is 16.6. The molecule has 1 aromatic carbocycles. The van der Waals surface area contributed by atoms with Gasteiger partial charge < -0.3 is 25.5 Å². The van der Waals surface area contributed by atoms with Crippen LogP contribution < -0.4 is 15.5 Å². The molecule has 3 amide bonds. The molecule has 1 saturated heterocycles. The summed E-state index contributed by atoms with van der Waals surface area (Å²) in [6, 6.07) is 6.87. The summed E-state index contributed by atoms with van der Waals surface area (Å²) in [4.78, 5) is 42.6. The standard InChI is InChI=1S/C27H40N4O4/c1-17(28-3)26(34)29-25(19-9-5-4-6-10-19)27(35)31-16-22(33)14-21(31)13-20-15-30(18(2)32)24-12-8-7-11-23(20)24/h7-8,11-12,17,19-22,25,28,33H,4-6,9-10,13-16H2,1-3H3,(H,29,34)/t17-,20?,21-,22?,25-/m0/s1. The molecule has 2 fully saturated rings. The minimum atomic E-state index is -0.580. The summed E-state index contributed by atoms with van der Waals surface area (Å²) in [6.45, 7) is 4.25. The number of aliphatic hydroxyl groups is 1. The Morgan fingerprint density at radius 2 is 1.83 bits per heavy atom. The molecule has 2 heterocycles. The maximum absolute atomic E-state index is 14.0. The number of amides is 3. The number of anilines is 1. The molecular weight excluding hydrogens is 444 g/mol. The zero-order valence-electron chi connectivity index (χ0n) is 21.2. The van der Waals surface area contributed by atoms with Gasteiger partial charge in [-0.15, -0.1) is 0 Å². The molecule has 1 aliphatic carbocycles. The van der Waals surface area contributed by atoms with Crippen LogP contribution in [-0.2, 0) is 14.4 Å². The molecule has 1 saturated carbocycles. The number of para-hydroxylation sites is 1. The maximum atomic E-state index is 14.0. The molecule has 3 aliphatic rings. The average Bonchev–Trinajstić information content (AvgIpc) is 3.42. The third-order valence-electron chi connectivity index (χ3n) is 8.19. The second kappa shape index (κ2) is 11.1. The van der Waals surface area contributed by atoms with Crippen molar-refractivity contribution >= 4 is 23.4 Å². The first-order valence-electron chi connectivity index (χ1n) is 13.1. The number of β-amino-alcohol motifs (C(OH)–C–C–N with tert-alkyl or cyclic N) is 1. The van der Waals surface area contributed by atoms with Crippen LogP contribution in [0.3, 0.4) is 0 Å².